The Morgan fingerprint density at radius 2 is 1.81 bits per heavy atom. The third-order valence-electron chi connectivity index (χ3n) is 3.85. The Morgan fingerprint density at radius 1 is 1.00 bits per heavy atom. The minimum atomic E-state index is 0.355. The number of hydrazone groups is 1. The van der Waals surface area contributed by atoms with Crippen molar-refractivity contribution in [2.75, 3.05) is 19.5 Å². The number of nitrogens with one attached hydrogen (secondary N) is 2. The second-order valence-electron chi connectivity index (χ2n) is 5.46. The van der Waals surface area contributed by atoms with E-state index < -0.39 is 0 Å². The zero-order valence-electron chi connectivity index (χ0n) is 14.5. The van der Waals surface area contributed by atoms with Gasteiger partial charge in [-0.2, -0.15) is 5.10 Å². The highest BCUT2D eigenvalue weighted by Gasteiger charge is 2.06. The number of hydrogen-bond donors (Lipinski definition) is 2. The van der Waals surface area contributed by atoms with E-state index in [1.165, 1.54) is 5.39 Å². The molecule has 0 aromatic heterocycles. The smallest absolute Gasteiger partial charge is 0.191 e. The van der Waals surface area contributed by atoms with Crippen LogP contribution in [0.2, 0.25) is 0 Å². The molecule has 0 heterocycles. The van der Waals surface area contributed by atoms with E-state index in [0.717, 1.165) is 10.9 Å². The average Bonchev–Trinajstić information content (AvgIpc) is 2.68. The minimum Gasteiger partial charge on any atom is -0.497 e. The monoisotopic (exact) mass is 365 g/mol. The zero-order chi connectivity index (χ0) is 18.4. The molecule has 5 nitrogen and oxygen atoms in total. The second kappa shape index (κ2) is 8.31. The highest BCUT2D eigenvalue weighted by molar-refractivity contribution is 7.80. The first-order valence-electron chi connectivity index (χ1n) is 8.01. The molecule has 0 aliphatic heterocycles. The van der Waals surface area contributed by atoms with Gasteiger partial charge in [-0.1, -0.05) is 42.5 Å². The molecule has 0 radical (unpaired) electrons. The lowest BCUT2D eigenvalue weighted by Gasteiger charge is -2.12. The van der Waals surface area contributed by atoms with Crippen molar-refractivity contribution >= 4 is 40.0 Å². The van der Waals surface area contributed by atoms with E-state index in [-0.39, 0.29) is 0 Å². The molecule has 3 aromatic carbocycles. The molecule has 0 fully saturated rings. The van der Waals surface area contributed by atoms with Crippen LogP contribution in [0, 0.1) is 0 Å². The SMILES string of the molecule is COc1ccc(OC)c(NC(=S)N/N=C\c2cccc3ccccc23)c1. The maximum absolute atomic E-state index is 5.32. The largest absolute Gasteiger partial charge is 0.497 e. The molecule has 0 atom stereocenters. The fraction of sp³-hybridized carbons (Fsp3) is 0.100. The summed E-state index contributed by atoms with van der Waals surface area (Å²) < 4.78 is 10.6. The van der Waals surface area contributed by atoms with Gasteiger partial charge in [-0.3, -0.25) is 5.43 Å². The van der Waals surface area contributed by atoms with E-state index in [9.17, 15) is 0 Å². The number of hydrogen-bond acceptors (Lipinski definition) is 4. The Morgan fingerprint density at radius 3 is 2.62 bits per heavy atom. The molecule has 0 unspecified atom stereocenters. The first-order valence-corrected chi connectivity index (χ1v) is 8.42. The molecule has 0 saturated carbocycles. The molecule has 0 aliphatic carbocycles. The molecule has 3 aromatic rings. The summed E-state index contributed by atoms with van der Waals surface area (Å²) in [5, 5.41) is 9.95. The maximum Gasteiger partial charge on any atom is 0.191 e. The molecule has 0 aliphatic rings. The van der Waals surface area contributed by atoms with Gasteiger partial charge in [0.15, 0.2) is 5.11 Å². The van der Waals surface area contributed by atoms with Gasteiger partial charge in [0.05, 0.1) is 26.1 Å². The summed E-state index contributed by atoms with van der Waals surface area (Å²) in [5.74, 6) is 1.36. The van der Waals surface area contributed by atoms with Crippen LogP contribution in [-0.4, -0.2) is 25.5 Å². The molecular weight excluding hydrogens is 346 g/mol. The summed E-state index contributed by atoms with van der Waals surface area (Å²) in [6, 6.07) is 19.7. The van der Waals surface area contributed by atoms with E-state index in [2.05, 4.69) is 34.0 Å². The maximum atomic E-state index is 5.32. The normalized spacial score (nSPS) is 10.7. The lowest BCUT2D eigenvalue weighted by molar-refractivity contribution is 0.405. The molecular formula is C20H19N3O2S. The van der Waals surface area contributed by atoms with Crippen LogP contribution in [-0.2, 0) is 0 Å². The molecule has 3 rings (SSSR count). The van der Waals surface area contributed by atoms with E-state index in [1.54, 1.807) is 26.5 Å². The lowest BCUT2D eigenvalue weighted by atomic mass is 10.1. The molecule has 0 bridgehead atoms. The number of nitrogens with zero attached hydrogens (tertiary/aromatic N) is 1. The number of anilines is 1. The van der Waals surface area contributed by atoms with Gasteiger partial charge < -0.3 is 14.8 Å². The summed E-state index contributed by atoms with van der Waals surface area (Å²) in [5.41, 5.74) is 4.54. The van der Waals surface area contributed by atoms with Crippen molar-refractivity contribution in [3.8, 4) is 11.5 Å². The predicted molar refractivity (Wildman–Crippen MR) is 110 cm³/mol. The van der Waals surface area contributed by atoms with Gasteiger partial charge in [-0.05, 0) is 35.1 Å². The number of rotatable bonds is 5. The van der Waals surface area contributed by atoms with Gasteiger partial charge in [-0.15, -0.1) is 0 Å². The fourth-order valence-corrected chi connectivity index (χ4v) is 2.75. The summed E-state index contributed by atoms with van der Waals surface area (Å²) in [6.07, 6.45) is 1.75. The Labute approximate surface area is 157 Å². The molecule has 26 heavy (non-hydrogen) atoms. The molecule has 0 amide bonds. The van der Waals surface area contributed by atoms with Crippen molar-refractivity contribution in [3.05, 3.63) is 66.2 Å². The Hall–Kier alpha value is -3.12. The van der Waals surface area contributed by atoms with E-state index in [4.69, 9.17) is 21.7 Å². The van der Waals surface area contributed by atoms with Crippen LogP contribution in [0.25, 0.3) is 10.8 Å². The molecule has 6 heteroatoms. The van der Waals surface area contributed by atoms with Crippen LogP contribution in [0.5, 0.6) is 11.5 Å². The van der Waals surface area contributed by atoms with Gasteiger partial charge in [0, 0.05) is 11.6 Å². The van der Waals surface area contributed by atoms with Crippen LogP contribution < -0.4 is 20.2 Å². The van der Waals surface area contributed by atoms with Gasteiger partial charge in [0.2, 0.25) is 0 Å². The van der Waals surface area contributed by atoms with E-state index in [1.807, 2.05) is 36.4 Å². The van der Waals surface area contributed by atoms with Crippen molar-refractivity contribution in [3.63, 3.8) is 0 Å². The fourth-order valence-electron chi connectivity index (χ4n) is 2.59. The summed E-state index contributed by atoms with van der Waals surface area (Å²) in [6.45, 7) is 0. The lowest BCUT2D eigenvalue weighted by Crippen LogP contribution is -2.24. The second-order valence-corrected chi connectivity index (χ2v) is 5.87. The van der Waals surface area contributed by atoms with Gasteiger partial charge in [0.1, 0.15) is 11.5 Å². The van der Waals surface area contributed by atoms with Crippen molar-refractivity contribution in [1.29, 1.82) is 0 Å². The van der Waals surface area contributed by atoms with E-state index >= 15 is 0 Å². The molecule has 0 spiro atoms. The van der Waals surface area contributed by atoms with Crippen LogP contribution in [0.3, 0.4) is 0 Å². The van der Waals surface area contributed by atoms with Crippen molar-refractivity contribution in [1.82, 2.24) is 5.43 Å². The van der Waals surface area contributed by atoms with Crippen molar-refractivity contribution in [2.24, 2.45) is 5.10 Å². The standard InChI is InChI=1S/C20H19N3O2S/c1-24-16-10-11-19(25-2)18(12-16)22-20(26)23-21-13-15-8-5-7-14-6-3-4-9-17(14)15/h3-13H,1-2H3,(H2,22,23,26)/b21-13-. The quantitative estimate of drug-likeness (QED) is 0.404. The zero-order valence-corrected chi connectivity index (χ0v) is 15.3. The van der Waals surface area contributed by atoms with Gasteiger partial charge in [0.25, 0.3) is 0 Å². The Kier molecular flexibility index (Phi) is 5.66. The molecule has 2 N–H and O–H groups in total. The Bertz CT molecular complexity index is 951. The van der Waals surface area contributed by atoms with Crippen LogP contribution in [0.15, 0.2) is 65.8 Å². The third-order valence-corrected chi connectivity index (χ3v) is 4.04. The van der Waals surface area contributed by atoms with E-state index in [0.29, 0.717) is 22.3 Å². The number of fused-ring (bicyclic) bond motifs is 1. The summed E-state index contributed by atoms with van der Waals surface area (Å²) in [4.78, 5) is 0. The van der Waals surface area contributed by atoms with Crippen molar-refractivity contribution < 1.29 is 9.47 Å². The number of methoxy groups -OCH3 is 2. The van der Waals surface area contributed by atoms with Crippen LogP contribution in [0.4, 0.5) is 5.69 Å². The number of thiocarbonyl (C=S) groups is 1. The molecule has 0 saturated heterocycles. The average molecular weight is 365 g/mol. The van der Waals surface area contributed by atoms with Crippen LogP contribution >= 0.6 is 12.2 Å². The first-order chi connectivity index (χ1) is 12.7. The predicted octanol–water partition coefficient (Wildman–Crippen LogP) is 4.18. The number of ether oxygens (including phenoxy) is 2. The highest BCUT2D eigenvalue weighted by atomic mass is 32.1. The van der Waals surface area contributed by atoms with Crippen molar-refractivity contribution in [2.45, 2.75) is 0 Å². The summed E-state index contributed by atoms with van der Waals surface area (Å²) >= 11 is 5.30. The van der Waals surface area contributed by atoms with Gasteiger partial charge in [-0.25, -0.2) is 0 Å². The van der Waals surface area contributed by atoms with Gasteiger partial charge >= 0.3 is 0 Å². The highest BCUT2D eigenvalue weighted by Crippen LogP contribution is 2.28. The first kappa shape index (κ1) is 17.7. The molecule has 132 valence electrons. The Balaban J connectivity index is 1.70. The topological polar surface area (TPSA) is 54.9 Å². The van der Waals surface area contributed by atoms with Crippen LogP contribution in [0.1, 0.15) is 5.56 Å². The number of benzene rings is 3. The minimum absolute atomic E-state index is 0.355. The summed E-state index contributed by atoms with van der Waals surface area (Å²) in [7, 11) is 3.21. The third kappa shape index (κ3) is 4.10.